The van der Waals surface area contributed by atoms with Crippen LogP contribution >= 0.6 is 0 Å². The van der Waals surface area contributed by atoms with Gasteiger partial charge >= 0.3 is 0 Å². The largest absolute Gasteiger partial charge is 0.272 e. The first-order valence-electron chi connectivity index (χ1n) is 7.83. The lowest BCUT2D eigenvalue weighted by molar-refractivity contribution is -0.417. The second kappa shape index (κ2) is 5.77. The zero-order chi connectivity index (χ0) is 16.5. The number of hydrogen-bond donors (Lipinski definition) is 0. The molecule has 1 aliphatic rings. The molecule has 1 aliphatic carbocycles. The average molecular weight is 317 g/mol. The highest BCUT2D eigenvalue weighted by Crippen LogP contribution is 2.30. The Kier molecular flexibility index (Phi) is 3.46. The van der Waals surface area contributed by atoms with Gasteiger partial charge in [-0.3, -0.25) is 10.1 Å². The Bertz CT molecular complexity index is 984. The molecule has 0 bridgehead atoms. The van der Waals surface area contributed by atoms with Crippen molar-refractivity contribution in [1.29, 1.82) is 0 Å². The second-order valence-corrected chi connectivity index (χ2v) is 5.72. The van der Waals surface area contributed by atoms with Gasteiger partial charge in [-0.25, -0.2) is 4.68 Å². The summed E-state index contributed by atoms with van der Waals surface area (Å²) in [7, 11) is 0. The maximum absolute atomic E-state index is 11.3. The molecule has 1 aromatic heterocycles. The van der Waals surface area contributed by atoms with E-state index in [-0.39, 0.29) is 10.6 Å². The molecule has 5 heteroatoms. The van der Waals surface area contributed by atoms with Crippen molar-refractivity contribution in [3.8, 4) is 5.69 Å². The molecule has 1 heterocycles. The fourth-order valence-electron chi connectivity index (χ4n) is 3.00. The van der Waals surface area contributed by atoms with Crippen molar-refractivity contribution in [2.75, 3.05) is 0 Å². The summed E-state index contributed by atoms with van der Waals surface area (Å²) in [5, 5.41) is 16.9. The van der Waals surface area contributed by atoms with Crippen LogP contribution in [0.5, 0.6) is 0 Å². The van der Waals surface area contributed by atoms with E-state index < -0.39 is 0 Å². The fraction of sp³-hybridized carbons (Fsp3) is 0.105. The first-order valence-corrected chi connectivity index (χ1v) is 7.83. The van der Waals surface area contributed by atoms with E-state index in [2.05, 4.69) is 5.10 Å². The Balaban J connectivity index is 1.78. The molecule has 0 amide bonds. The van der Waals surface area contributed by atoms with E-state index in [4.69, 9.17) is 0 Å². The molecule has 0 N–H and O–H groups in total. The number of nitrogens with zero attached hydrogens (tertiary/aromatic N) is 3. The van der Waals surface area contributed by atoms with Crippen LogP contribution in [0.15, 0.2) is 72.6 Å². The van der Waals surface area contributed by atoms with Crippen LogP contribution in [-0.2, 0) is 0 Å². The lowest BCUT2D eigenvalue weighted by Crippen LogP contribution is -2.04. The topological polar surface area (TPSA) is 61.0 Å². The van der Waals surface area contributed by atoms with Crippen LogP contribution in [0.1, 0.15) is 18.4 Å². The van der Waals surface area contributed by atoms with Gasteiger partial charge in [-0.2, -0.15) is 5.10 Å². The fourth-order valence-corrected chi connectivity index (χ4v) is 3.00. The SMILES string of the molecule is O=[N+]([O-])C1=CCCC=C1c1ccc2cn(-c3ccccc3)nc2c1. The third-order valence-corrected chi connectivity index (χ3v) is 4.16. The van der Waals surface area contributed by atoms with Gasteiger partial charge in [-0.1, -0.05) is 36.4 Å². The van der Waals surface area contributed by atoms with Gasteiger partial charge in [0.2, 0.25) is 0 Å². The van der Waals surface area contributed by atoms with E-state index in [1.54, 1.807) is 6.08 Å². The van der Waals surface area contributed by atoms with E-state index >= 15 is 0 Å². The van der Waals surface area contributed by atoms with Crippen LogP contribution in [0.2, 0.25) is 0 Å². The van der Waals surface area contributed by atoms with Crippen LogP contribution in [-0.4, -0.2) is 14.7 Å². The Labute approximate surface area is 138 Å². The highest BCUT2D eigenvalue weighted by Gasteiger charge is 2.21. The molecule has 3 aromatic rings. The van der Waals surface area contributed by atoms with Gasteiger partial charge in [-0.05, 0) is 42.7 Å². The number of allylic oxidation sites excluding steroid dienone is 3. The standard InChI is InChI=1S/C19H15N3O2/c23-22(24)19-9-5-4-8-17(19)14-10-11-15-13-21(20-18(15)12-14)16-6-2-1-3-7-16/h1-3,6-13H,4-5H2. The third-order valence-electron chi connectivity index (χ3n) is 4.16. The molecule has 0 fully saturated rings. The van der Waals surface area contributed by atoms with Crippen molar-refractivity contribution in [2.24, 2.45) is 0 Å². The lowest BCUT2D eigenvalue weighted by atomic mass is 9.96. The van der Waals surface area contributed by atoms with E-state index in [1.807, 2.05) is 65.5 Å². The molecular formula is C19H15N3O2. The molecular weight excluding hydrogens is 302 g/mol. The van der Waals surface area contributed by atoms with Crippen LogP contribution in [0, 0.1) is 10.1 Å². The van der Waals surface area contributed by atoms with Gasteiger partial charge < -0.3 is 0 Å². The van der Waals surface area contributed by atoms with Crippen molar-refractivity contribution >= 4 is 16.5 Å². The minimum absolute atomic E-state index is 0.183. The summed E-state index contributed by atoms with van der Waals surface area (Å²) in [6, 6.07) is 15.7. The summed E-state index contributed by atoms with van der Waals surface area (Å²) in [4.78, 5) is 11.0. The van der Waals surface area contributed by atoms with E-state index in [0.717, 1.165) is 28.6 Å². The molecule has 118 valence electrons. The van der Waals surface area contributed by atoms with Gasteiger partial charge in [0.1, 0.15) is 0 Å². The minimum atomic E-state index is -0.308. The Morgan fingerprint density at radius 3 is 2.62 bits per heavy atom. The Morgan fingerprint density at radius 1 is 1.04 bits per heavy atom. The van der Waals surface area contributed by atoms with Crippen LogP contribution in [0.3, 0.4) is 0 Å². The lowest BCUT2D eigenvalue weighted by Gasteiger charge is -2.09. The number of benzene rings is 2. The molecule has 0 unspecified atom stereocenters. The summed E-state index contributed by atoms with van der Waals surface area (Å²) < 4.78 is 1.83. The molecule has 0 saturated carbocycles. The molecule has 2 aromatic carbocycles. The van der Waals surface area contributed by atoms with Crippen LogP contribution in [0.4, 0.5) is 0 Å². The highest BCUT2D eigenvalue weighted by molar-refractivity contribution is 5.86. The Hall–Kier alpha value is -3.21. The van der Waals surface area contributed by atoms with Crippen molar-refractivity contribution in [3.63, 3.8) is 0 Å². The molecule has 0 saturated heterocycles. The molecule has 0 spiro atoms. The third kappa shape index (κ3) is 2.50. The summed E-state index contributed by atoms with van der Waals surface area (Å²) in [5.41, 5.74) is 3.51. The van der Waals surface area contributed by atoms with Crippen molar-refractivity contribution in [1.82, 2.24) is 9.78 Å². The first-order chi connectivity index (χ1) is 11.7. The highest BCUT2D eigenvalue weighted by atomic mass is 16.6. The zero-order valence-corrected chi connectivity index (χ0v) is 12.9. The monoisotopic (exact) mass is 317 g/mol. The van der Waals surface area contributed by atoms with Crippen molar-refractivity contribution in [2.45, 2.75) is 12.8 Å². The molecule has 0 atom stereocenters. The number of rotatable bonds is 3. The molecule has 0 radical (unpaired) electrons. The summed E-state index contributed by atoms with van der Waals surface area (Å²) in [6.45, 7) is 0. The number of fused-ring (bicyclic) bond motifs is 1. The van der Waals surface area contributed by atoms with E-state index in [0.29, 0.717) is 12.0 Å². The number of hydrogen-bond acceptors (Lipinski definition) is 3. The summed E-state index contributed by atoms with van der Waals surface area (Å²) in [6.07, 6.45) is 7.14. The van der Waals surface area contributed by atoms with Gasteiger partial charge in [0, 0.05) is 11.6 Å². The van der Waals surface area contributed by atoms with Crippen LogP contribution < -0.4 is 0 Å². The molecule has 5 nitrogen and oxygen atoms in total. The van der Waals surface area contributed by atoms with Gasteiger partial charge in [0.05, 0.1) is 21.7 Å². The molecule has 0 aliphatic heterocycles. The number of aromatic nitrogens is 2. The van der Waals surface area contributed by atoms with Gasteiger partial charge in [0.25, 0.3) is 5.70 Å². The second-order valence-electron chi connectivity index (χ2n) is 5.72. The predicted octanol–water partition coefficient (Wildman–Crippen LogP) is 4.36. The van der Waals surface area contributed by atoms with Crippen LogP contribution in [0.25, 0.3) is 22.2 Å². The maximum atomic E-state index is 11.3. The smallest absolute Gasteiger partial charge is 0.258 e. The summed E-state index contributed by atoms with van der Waals surface area (Å²) in [5.74, 6) is 0. The first kappa shape index (κ1) is 14.4. The average Bonchev–Trinajstić information content (AvgIpc) is 3.05. The van der Waals surface area contributed by atoms with E-state index in [9.17, 15) is 10.1 Å². The van der Waals surface area contributed by atoms with Gasteiger partial charge in [-0.15, -0.1) is 0 Å². The maximum Gasteiger partial charge on any atom is 0.272 e. The van der Waals surface area contributed by atoms with E-state index in [1.165, 1.54) is 0 Å². The van der Waals surface area contributed by atoms with Crippen molar-refractivity contribution in [3.05, 3.63) is 88.3 Å². The van der Waals surface area contributed by atoms with Crippen molar-refractivity contribution < 1.29 is 4.92 Å². The quantitative estimate of drug-likeness (QED) is 0.532. The normalized spacial score (nSPS) is 14.3. The molecule has 4 rings (SSSR count). The predicted molar refractivity (Wildman–Crippen MR) is 93.4 cm³/mol. The zero-order valence-electron chi connectivity index (χ0n) is 12.9. The molecule has 24 heavy (non-hydrogen) atoms. The summed E-state index contributed by atoms with van der Waals surface area (Å²) >= 11 is 0. The van der Waals surface area contributed by atoms with Gasteiger partial charge in [0.15, 0.2) is 0 Å². The number of para-hydroxylation sites is 1. The Morgan fingerprint density at radius 2 is 1.83 bits per heavy atom. The minimum Gasteiger partial charge on any atom is -0.258 e. The number of nitro groups is 1.